The summed E-state index contributed by atoms with van der Waals surface area (Å²) in [5, 5.41) is 0. The highest BCUT2D eigenvalue weighted by Crippen LogP contribution is 2.21. The predicted molar refractivity (Wildman–Crippen MR) is 145 cm³/mol. The fourth-order valence-electron chi connectivity index (χ4n) is 5.23. The molecular formula is C32H36N2O. The molecule has 8 rings (SSSR count). The summed E-state index contributed by atoms with van der Waals surface area (Å²) < 4.78 is 0. The Balaban J connectivity index is 1.13. The third-order valence-electron chi connectivity index (χ3n) is 7.49. The zero-order valence-electron chi connectivity index (χ0n) is 20.7. The van der Waals surface area contributed by atoms with Gasteiger partial charge in [-0.25, -0.2) is 0 Å². The average molecular weight is 465 g/mol. The molecule has 35 heavy (non-hydrogen) atoms. The number of hydrogen-bond acceptors (Lipinski definition) is 2. The second-order valence-corrected chi connectivity index (χ2v) is 9.91. The maximum atomic E-state index is 13.0. The molecule has 0 radical (unpaired) electrons. The van der Waals surface area contributed by atoms with Crippen LogP contribution in [0.4, 0.5) is 0 Å². The molecule has 4 bridgehead atoms. The van der Waals surface area contributed by atoms with E-state index in [1.54, 1.807) is 0 Å². The lowest BCUT2D eigenvalue weighted by atomic mass is 9.91. The topological polar surface area (TPSA) is 23.6 Å². The Hall–Kier alpha value is -3.17. The van der Waals surface area contributed by atoms with Crippen molar-refractivity contribution >= 4 is 12.0 Å². The number of carbonyl (C=O) groups is 1. The molecule has 0 N–H and O–H groups in total. The first-order valence-corrected chi connectivity index (χ1v) is 13.1. The van der Waals surface area contributed by atoms with Crippen LogP contribution in [0, 0.1) is 0 Å². The molecule has 1 fully saturated rings. The molecule has 0 aromatic heterocycles. The summed E-state index contributed by atoms with van der Waals surface area (Å²) in [7, 11) is 0. The van der Waals surface area contributed by atoms with Crippen LogP contribution in [0.3, 0.4) is 0 Å². The molecule has 4 aliphatic carbocycles. The van der Waals surface area contributed by atoms with Crippen LogP contribution in [0.15, 0.2) is 78.9 Å². The van der Waals surface area contributed by atoms with Crippen molar-refractivity contribution in [3.05, 3.63) is 112 Å². The van der Waals surface area contributed by atoms with Crippen LogP contribution < -0.4 is 0 Å². The van der Waals surface area contributed by atoms with Gasteiger partial charge in [-0.15, -0.1) is 0 Å². The molecule has 1 saturated heterocycles. The first kappa shape index (κ1) is 23.6. The van der Waals surface area contributed by atoms with Crippen molar-refractivity contribution in [3.8, 4) is 0 Å². The Kier molecular flexibility index (Phi) is 7.75. The van der Waals surface area contributed by atoms with Gasteiger partial charge >= 0.3 is 0 Å². The highest BCUT2D eigenvalue weighted by molar-refractivity contribution is 5.76. The smallest absolute Gasteiger partial charge is 0.222 e. The standard InChI is InChI=1S/C32H36N2O/c35-32(34-23-21-33(22-24-34)20-4-7-26-5-2-1-3-6-26)19-18-31-25-29-13-12-27-8-10-28(11-9-27)14-16-30(31)17-15-29/h1-11,15,17,25H,12-14,16,18-24H2/b7-4+. The minimum atomic E-state index is 0.303. The SMILES string of the molecule is O=C(CCc1cc2ccc1CCc1ccc(cc1)CC2)N1CCN(C/C=C/c2ccccc2)CC1. The van der Waals surface area contributed by atoms with Gasteiger partial charge < -0.3 is 4.90 Å². The number of amides is 1. The lowest BCUT2D eigenvalue weighted by molar-refractivity contribution is -0.132. The fraction of sp³-hybridized carbons (Fsp3) is 0.344. The number of rotatable bonds is 6. The lowest BCUT2D eigenvalue weighted by Gasteiger charge is -2.34. The third-order valence-corrected chi connectivity index (χ3v) is 7.49. The molecule has 0 unspecified atom stereocenters. The molecule has 1 aliphatic heterocycles. The highest BCUT2D eigenvalue weighted by Gasteiger charge is 2.20. The van der Waals surface area contributed by atoms with Crippen LogP contribution >= 0.6 is 0 Å². The van der Waals surface area contributed by atoms with E-state index in [1.807, 2.05) is 6.07 Å². The Labute approximate surface area is 210 Å². The van der Waals surface area contributed by atoms with Gasteiger partial charge in [0, 0.05) is 39.1 Å². The van der Waals surface area contributed by atoms with E-state index >= 15 is 0 Å². The lowest BCUT2D eigenvalue weighted by Crippen LogP contribution is -2.48. The van der Waals surface area contributed by atoms with Gasteiger partial charge in [-0.1, -0.05) is 84.9 Å². The molecule has 180 valence electrons. The largest absolute Gasteiger partial charge is 0.340 e. The molecule has 3 heteroatoms. The summed E-state index contributed by atoms with van der Waals surface area (Å²) in [5.41, 5.74) is 8.20. The highest BCUT2D eigenvalue weighted by atomic mass is 16.2. The van der Waals surface area contributed by atoms with Gasteiger partial charge in [-0.3, -0.25) is 9.69 Å². The molecule has 3 aromatic rings. The molecule has 3 nitrogen and oxygen atoms in total. The number of nitrogens with zero attached hydrogens (tertiary/aromatic N) is 2. The zero-order valence-corrected chi connectivity index (χ0v) is 20.7. The summed E-state index contributed by atoms with van der Waals surface area (Å²) in [6.45, 7) is 4.50. The molecule has 3 aromatic carbocycles. The Bertz CT molecular complexity index is 1140. The number of hydrogen-bond donors (Lipinski definition) is 0. The van der Waals surface area contributed by atoms with E-state index < -0.39 is 0 Å². The molecule has 5 aliphatic rings. The maximum absolute atomic E-state index is 13.0. The number of benzene rings is 3. The van der Waals surface area contributed by atoms with Crippen molar-refractivity contribution in [2.45, 2.75) is 38.5 Å². The van der Waals surface area contributed by atoms with E-state index in [9.17, 15) is 4.79 Å². The summed E-state index contributed by atoms with van der Waals surface area (Å²) in [6.07, 6.45) is 10.1. The van der Waals surface area contributed by atoms with Crippen molar-refractivity contribution in [3.63, 3.8) is 0 Å². The number of carbonyl (C=O) groups excluding carboxylic acids is 1. The zero-order chi connectivity index (χ0) is 23.9. The normalized spacial score (nSPS) is 16.4. The molecule has 0 atom stereocenters. The first-order chi connectivity index (χ1) is 17.2. The first-order valence-electron chi connectivity index (χ1n) is 13.1. The van der Waals surface area contributed by atoms with Crippen LogP contribution in [-0.2, 0) is 36.9 Å². The van der Waals surface area contributed by atoms with Gasteiger partial charge in [0.25, 0.3) is 0 Å². The molecule has 0 spiro atoms. The minimum absolute atomic E-state index is 0.303. The predicted octanol–water partition coefficient (Wildman–Crippen LogP) is 5.36. The molecular weight excluding hydrogens is 428 g/mol. The van der Waals surface area contributed by atoms with Gasteiger partial charge in [0.05, 0.1) is 0 Å². The van der Waals surface area contributed by atoms with Crippen molar-refractivity contribution in [2.75, 3.05) is 32.7 Å². The average Bonchev–Trinajstić information content (AvgIpc) is 2.90. The summed E-state index contributed by atoms with van der Waals surface area (Å²) in [4.78, 5) is 17.5. The summed E-state index contributed by atoms with van der Waals surface area (Å²) in [6, 6.07) is 26.5. The molecule has 1 amide bonds. The van der Waals surface area contributed by atoms with E-state index in [0.29, 0.717) is 12.3 Å². The van der Waals surface area contributed by atoms with Crippen molar-refractivity contribution in [1.29, 1.82) is 0 Å². The molecule has 1 heterocycles. The van der Waals surface area contributed by atoms with E-state index in [2.05, 4.69) is 88.7 Å². The summed E-state index contributed by atoms with van der Waals surface area (Å²) in [5.74, 6) is 0.303. The Morgan fingerprint density at radius 1 is 0.743 bits per heavy atom. The Morgan fingerprint density at radius 3 is 2.14 bits per heavy atom. The van der Waals surface area contributed by atoms with Crippen molar-refractivity contribution < 1.29 is 4.79 Å². The number of aryl methyl sites for hydroxylation is 5. The van der Waals surface area contributed by atoms with Gasteiger partial charge in [0.2, 0.25) is 5.91 Å². The van der Waals surface area contributed by atoms with Crippen LogP contribution in [-0.4, -0.2) is 48.4 Å². The fourth-order valence-corrected chi connectivity index (χ4v) is 5.23. The Morgan fingerprint density at radius 2 is 1.40 bits per heavy atom. The van der Waals surface area contributed by atoms with Gasteiger partial charge in [0.1, 0.15) is 0 Å². The minimum Gasteiger partial charge on any atom is -0.340 e. The second kappa shape index (κ2) is 11.5. The van der Waals surface area contributed by atoms with E-state index in [-0.39, 0.29) is 0 Å². The molecule has 0 saturated carbocycles. The second-order valence-electron chi connectivity index (χ2n) is 9.91. The van der Waals surface area contributed by atoms with Crippen LogP contribution in [0.2, 0.25) is 0 Å². The van der Waals surface area contributed by atoms with Gasteiger partial charge in [0.15, 0.2) is 0 Å². The number of piperazine rings is 1. The van der Waals surface area contributed by atoms with Crippen LogP contribution in [0.5, 0.6) is 0 Å². The van der Waals surface area contributed by atoms with Crippen molar-refractivity contribution in [1.82, 2.24) is 9.80 Å². The summed E-state index contributed by atoms with van der Waals surface area (Å²) >= 11 is 0. The van der Waals surface area contributed by atoms with E-state index in [0.717, 1.165) is 64.8 Å². The third kappa shape index (κ3) is 6.49. The quantitative estimate of drug-likeness (QED) is 0.490. The van der Waals surface area contributed by atoms with Gasteiger partial charge in [-0.2, -0.15) is 0 Å². The van der Waals surface area contributed by atoms with E-state index in [1.165, 1.54) is 33.4 Å². The van der Waals surface area contributed by atoms with E-state index in [4.69, 9.17) is 0 Å². The monoisotopic (exact) mass is 464 g/mol. The maximum Gasteiger partial charge on any atom is 0.222 e. The van der Waals surface area contributed by atoms with Crippen LogP contribution in [0.1, 0.15) is 39.8 Å². The van der Waals surface area contributed by atoms with Gasteiger partial charge in [-0.05, 0) is 65.5 Å². The van der Waals surface area contributed by atoms with Crippen molar-refractivity contribution in [2.24, 2.45) is 0 Å². The van der Waals surface area contributed by atoms with Crippen LogP contribution in [0.25, 0.3) is 6.08 Å².